The van der Waals surface area contributed by atoms with E-state index in [0.29, 0.717) is 36.5 Å². The Balaban J connectivity index is 1.41. The number of Topliss-reactive ketones (excluding diaryl/α,β-unsaturated/α-hetero) is 1. The molecule has 2 bridgehead atoms. The van der Waals surface area contributed by atoms with Crippen LogP contribution in [0.5, 0.6) is 0 Å². The molecule has 2 atom stereocenters. The zero-order valence-corrected chi connectivity index (χ0v) is 20.0. The fraction of sp³-hybridized carbons (Fsp3) is 0.409. The minimum Gasteiger partial charge on any atom is -0.365 e. The quantitative estimate of drug-likeness (QED) is 0.672. The SMILES string of the molecule is O=C1CC2CCC(C1)N2c1cc(Cl)cc(NC(=O)c2cc(N3CCCS3(=O)=O)ncc2Cl)c1. The minimum atomic E-state index is -3.44. The smallest absolute Gasteiger partial charge is 0.257 e. The lowest BCUT2D eigenvalue weighted by atomic mass is 10.0. The maximum Gasteiger partial charge on any atom is 0.257 e. The first kappa shape index (κ1) is 22.4. The molecule has 3 aliphatic heterocycles. The molecule has 1 aromatic heterocycles. The van der Waals surface area contributed by atoms with Gasteiger partial charge in [-0.25, -0.2) is 13.4 Å². The van der Waals surface area contributed by atoms with Gasteiger partial charge < -0.3 is 10.2 Å². The number of nitrogens with one attached hydrogen (secondary N) is 1. The van der Waals surface area contributed by atoms with Gasteiger partial charge in [0.2, 0.25) is 10.0 Å². The zero-order valence-electron chi connectivity index (χ0n) is 17.6. The second kappa shape index (κ2) is 8.45. The molecule has 2 unspecified atom stereocenters. The van der Waals surface area contributed by atoms with Crippen LogP contribution in [0, 0.1) is 0 Å². The number of anilines is 3. The van der Waals surface area contributed by atoms with E-state index in [1.165, 1.54) is 16.6 Å². The Morgan fingerprint density at radius 3 is 2.48 bits per heavy atom. The van der Waals surface area contributed by atoms with Crippen LogP contribution >= 0.6 is 23.2 Å². The number of ketones is 1. The van der Waals surface area contributed by atoms with Crippen molar-refractivity contribution < 1.29 is 18.0 Å². The van der Waals surface area contributed by atoms with Crippen molar-refractivity contribution in [3.63, 3.8) is 0 Å². The monoisotopic (exact) mass is 508 g/mol. The van der Waals surface area contributed by atoms with E-state index in [2.05, 4.69) is 15.2 Å². The van der Waals surface area contributed by atoms with Gasteiger partial charge >= 0.3 is 0 Å². The van der Waals surface area contributed by atoms with Crippen LogP contribution in [0.1, 0.15) is 42.5 Å². The Labute approximate surface area is 201 Å². The highest BCUT2D eigenvalue weighted by atomic mass is 35.5. The summed E-state index contributed by atoms with van der Waals surface area (Å²) in [5.41, 5.74) is 1.47. The minimum absolute atomic E-state index is 0.0498. The van der Waals surface area contributed by atoms with Crippen molar-refractivity contribution in [2.45, 2.75) is 44.2 Å². The van der Waals surface area contributed by atoms with Crippen LogP contribution in [0.25, 0.3) is 0 Å². The molecule has 3 aliphatic rings. The Kier molecular flexibility index (Phi) is 5.74. The molecule has 0 saturated carbocycles. The van der Waals surface area contributed by atoms with Crippen molar-refractivity contribution in [1.29, 1.82) is 0 Å². The zero-order chi connectivity index (χ0) is 23.3. The van der Waals surface area contributed by atoms with Gasteiger partial charge in [0.15, 0.2) is 0 Å². The summed E-state index contributed by atoms with van der Waals surface area (Å²) in [5, 5.41) is 3.39. The third-order valence-corrected chi connectivity index (χ3v) is 8.79. The number of sulfonamides is 1. The average molecular weight is 509 g/mol. The van der Waals surface area contributed by atoms with E-state index < -0.39 is 15.9 Å². The molecule has 2 aromatic rings. The summed E-state index contributed by atoms with van der Waals surface area (Å²) in [7, 11) is -3.44. The van der Waals surface area contributed by atoms with Gasteiger partial charge in [0, 0.05) is 54.1 Å². The first-order valence-electron chi connectivity index (χ1n) is 10.8. The predicted octanol–water partition coefficient (Wildman–Crippen LogP) is 3.88. The molecule has 3 saturated heterocycles. The number of hydrogen-bond donors (Lipinski definition) is 1. The van der Waals surface area contributed by atoms with Crippen molar-refractivity contribution >= 4 is 62.1 Å². The summed E-state index contributed by atoms with van der Waals surface area (Å²) in [6.07, 6.45) is 4.76. The third-order valence-electron chi connectivity index (χ3n) is 6.43. The fourth-order valence-corrected chi connectivity index (χ4v) is 6.95. The summed E-state index contributed by atoms with van der Waals surface area (Å²) < 4.78 is 25.7. The van der Waals surface area contributed by atoms with Gasteiger partial charge in [0.25, 0.3) is 5.91 Å². The van der Waals surface area contributed by atoms with Crippen molar-refractivity contribution in [2.75, 3.05) is 26.8 Å². The molecule has 174 valence electrons. The normalized spacial score (nSPS) is 23.8. The summed E-state index contributed by atoms with van der Waals surface area (Å²) in [6.45, 7) is 0.316. The van der Waals surface area contributed by atoms with Gasteiger partial charge in [0.1, 0.15) is 11.6 Å². The number of benzene rings is 1. The second-order valence-corrected chi connectivity index (χ2v) is 11.5. The second-order valence-electron chi connectivity index (χ2n) is 8.66. The number of pyridine rings is 1. The van der Waals surface area contributed by atoms with Gasteiger partial charge in [-0.05, 0) is 43.5 Å². The van der Waals surface area contributed by atoms with Crippen LogP contribution in [-0.2, 0) is 14.8 Å². The lowest BCUT2D eigenvalue weighted by Gasteiger charge is -2.36. The van der Waals surface area contributed by atoms with Gasteiger partial charge in [-0.2, -0.15) is 0 Å². The Hall–Kier alpha value is -2.36. The number of aromatic nitrogens is 1. The predicted molar refractivity (Wildman–Crippen MR) is 128 cm³/mol. The molecule has 0 aliphatic carbocycles. The molecule has 0 spiro atoms. The van der Waals surface area contributed by atoms with Gasteiger partial charge in [-0.3, -0.25) is 13.9 Å². The maximum absolute atomic E-state index is 13.1. The molecule has 0 radical (unpaired) electrons. The Morgan fingerprint density at radius 2 is 1.82 bits per heavy atom. The first-order chi connectivity index (χ1) is 15.7. The Bertz CT molecular complexity index is 1240. The van der Waals surface area contributed by atoms with Crippen molar-refractivity contribution in [3.05, 3.63) is 46.1 Å². The van der Waals surface area contributed by atoms with Gasteiger partial charge in [-0.1, -0.05) is 23.2 Å². The highest BCUT2D eigenvalue weighted by Crippen LogP contribution is 2.40. The number of piperidine rings is 1. The van der Waals surface area contributed by atoms with Crippen LogP contribution in [-0.4, -0.2) is 49.5 Å². The third kappa shape index (κ3) is 4.29. The van der Waals surface area contributed by atoms with Crippen LogP contribution in [0.15, 0.2) is 30.5 Å². The van der Waals surface area contributed by atoms with E-state index in [9.17, 15) is 18.0 Å². The highest BCUT2D eigenvalue weighted by Gasteiger charge is 2.40. The molecule has 11 heteroatoms. The van der Waals surface area contributed by atoms with Crippen LogP contribution in [0.3, 0.4) is 0 Å². The fourth-order valence-electron chi connectivity index (χ4n) is 5.02. The van der Waals surface area contributed by atoms with Crippen LogP contribution < -0.4 is 14.5 Å². The lowest BCUT2D eigenvalue weighted by Crippen LogP contribution is -2.43. The van der Waals surface area contributed by atoms with Crippen LogP contribution in [0.2, 0.25) is 10.0 Å². The molecule has 5 rings (SSSR count). The highest BCUT2D eigenvalue weighted by molar-refractivity contribution is 7.93. The van der Waals surface area contributed by atoms with Crippen molar-refractivity contribution in [2.24, 2.45) is 0 Å². The molecular formula is C22H22Cl2N4O4S. The summed E-state index contributed by atoms with van der Waals surface area (Å²) >= 11 is 12.6. The molecule has 4 heterocycles. The lowest BCUT2D eigenvalue weighted by molar-refractivity contribution is -0.120. The van der Waals surface area contributed by atoms with E-state index in [0.717, 1.165) is 18.5 Å². The molecule has 1 N–H and O–H groups in total. The van der Waals surface area contributed by atoms with Gasteiger partial charge in [-0.15, -0.1) is 0 Å². The standard InChI is InChI=1S/C22H22Cl2N4O4S/c23-13-6-14(8-17(7-13)28-15-2-3-16(28)10-18(29)9-15)26-22(30)19-11-21(25-12-20(19)24)27-4-1-5-33(27,31)32/h6-8,11-12,15-16H,1-5,9-10H2,(H,26,30). The molecule has 1 amide bonds. The molecule has 3 fully saturated rings. The van der Waals surface area contributed by atoms with E-state index in [1.807, 2.05) is 12.1 Å². The topological polar surface area (TPSA) is 99.7 Å². The number of halogens is 2. The number of carbonyl (C=O) groups excluding carboxylic acids is 2. The van der Waals surface area contributed by atoms with E-state index >= 15 is 0 Å². The number of amides is 1. The molecule has 1 aromatic carbocycles. The maximum atomic E-state index is 13.1. The van der Waals surface area contributed by atoms with Crippen molar-refractivity contribution in [1.82, 2.24) is 4.98 Å². The summed E-state index contributed by atoms with van der Waals surface area (Å²) in [5.74, 6) is 0.0138. The number of nitrogens with zero attached hydrogens (tertiary/aromatic N) is 3. The summed E-state index contributed by atoms with van der Waals surface area (Å²) in [4.78, 5) is 31.4. The Morgan fingerprint density at radius 1 is 1.09 bits per heavy atom. The summed E-state index contributed by atoms with van der Waals surface area (Å²) in [6, 6.07) is 7.01. The molecule has 8 nitrogen and oxygen atoms in total. The number of fused-ring (bicyclic) bond motifs is 2. The van der Waals surface area contributed by atoms with Gasteiger partial charge in [0.05, 0.1) is 16.3 Å². The molecule has 33 heavy (non-hydrogen) atoms. The average Bonchev–Trinajstić information content (AvgIpc) is 3.23. The first-order valence-corrected chi connectivity index (χ1v) is 13.2. The van der Waals surface area contributed by atoms with Crippen LogP contribution in [0.4, 0.5) is 17.2 Å². The van der Waals surface area contributed by atoms with E-state index in [1.54, 1.807) is 6.07 Å². The largest absolute Gasteiger partial charge is 0.365 e. The van der Waals surface area contributed by atoms with E-state index in [-0.39, 0.29) is 40.0 Å². The van der Waals surface area contributed by atoms with E-state index in [4.69, 9.17) is 23.2 Å². The molecular weight excluding hydrogens is 487 g/mol. The number of hydrogen-bond acceptors (Lipinski definition) is 6. The number of carbonyl (C=O) groups is 2. The van der Waals surface area contributed by atoms with Crippen molar-refractivity contribution in [3.8, 4) is 0 Å². The number of rotatable bonds is 4.